The summed E-state index contributed by atoms with van der Waals surface area (Å²) in [6, 6.07) is 11.8. The number of thiophene rings is 1. The maximum Gasteiger partial charge on any atom is 0.267 e. The molecule has 0 aliphatic heterocycles. The fourth-order valence-electron chi connectivity index (χ4n) is 1.52. The fourth-order valence-corrected chi connectivity index (χ4v) is 2.17. The zero-order chi connectivity index (χ0) is 13.5. The van der Waals surface area contributed by atoms with E-state index in [-0.39, 0.29) is 0 Å². The van der Waals surface area contributed by atoms with E-state index >= 15 is 0 Å². The molecule has 1 amide bonds. The zero-order valence-electron chi connectivity index (χ0n) is 10.2. The molecule has 4 nitrogen and oxygen atoms in total. The quantitative estimate of drug-likeness (QED) is 0.446. The molecular weight excluding hydrogens is 260 g/mol. The molecule has 1 heterocycles. The summed E-state index contributed by atoms with van der Waals surface area (Å²) in [5.41, 5.74) is 3.46. The van der Waals surface area contributed by atoms with Crippen molar-refractivity contribution in [3.05, 3.63) is 58.3 Å². The summed E-state index contributed by atoms with van der Waals surface area (Å²) >= 11 is 1.72. The Morgan fingerprint density at radius 3 is 2.68 bits per heavy atom. The van der Waals surface area contributed by atoms with Gasteiger partial charge in [0.2, 0.25) is 0 Å². The molecule has 0 radical (unpaired) electrons. The molecule has 0 fully saturated rings. The molecule has 2 aromatic rings. The number of benzene rings is 1. The van der Waals surface area contributed by atoms with Crippen LogP contribution in [0.15, 0.2) is 47.9 Å². The smallest absolute Gasteiger partial charge is 0.267 e. The number of nitrogens with one attached hydrogen (secondary N) is 2. The van der Waals surface area contributed by atoms with E-state index in [2.05, 4.69) is 16.8 Å². The summed E-state index contributed by atoms with van der Waals surface area (Å²) in [7, 11) is 0. The van der Waals surface area contributed by atoms with Crippen LogP contribution in [0.1, 0.15) is 10.4 Å². The van der Waals surface area contributed by atoms with Crippen molar-refractivity contribution >= 4 is 29.0 Å². The molecule has 0 atom stereocenters. The number of hydrogen-bond acceptors (Lipinski definition) is 4. The van der Waals surface area contributed by atoms with E-state index in [9.17, 15) is 4.79 Å². The van der Waals surface area contributed by atoms with Gasteiger partial charge in [0.15, 0.2) is 0 Å². The van der Waals surface area contributed by atoms with Crippen LogP contribution in [0.25, 0.3) is 6.08 Å². The summed E-state index contributed by atoms with van der Waals surface area (Å²) in [5.74, 6) is -0.542. The number of amides is 1. The first-order chi connectivity index (χ1) is 9.28. The van der Waals surface area contributed by atoms with Crippen LogP contribution in [0.4, 0.5) is 5.69 Å². The Balaban J connectivity index is 1.91. The van der Waals surface area contributed by atoms with Gasteiger partial charge in [-0.15, -0.1) is 11.3 Å². The molecule has 19 heavy (non-hydrogen) atoms. The summed E-state index contributed by atoms with van der Waals surface area (Å²) in [4.78, 5) is 12.1. The van der Waals surface area contributed by atoms with E-state index < -0.39 is 5.91 Å². The fraction of sp³-hybridized carbons (Fsp3) is 0.0714. The van der Waals surface area contributed by atoms with E-state index in [0.29, 0.717) is 0 Å². The second-order valence-electron chi connectivity index (χ2n) is 3.86. The van der Waals surface area contributed by atoms with Crippen LogP contribution in [0.3, 0.4) is 0 Å². The summed E-state index contributed by atoms with van der Waals surface area (Å²) < 4.78 is 0. The highest BCUT2D eigenvalue weighted by atomic mass is 32.1. The molecule has 0 aliphatic carbocycles. The van der Waals surface area contributed by atoms with Crippen molar-refractivity contribution in [2.24, 2.45) is 0 Å². The number of rotatable bonds is 5. The van der Waals surface area contributed by atoms with Gasteiger partial charge in [0.25, 0.3) is 5.91 Å². The Morgan fingerprint density at radius 2 is 2.05 bits per heavy atom. The molecule has 0 aliphatic rings. The number of hydrogen-bond donors (Lipinski definition) is 3. The van der Waals surface area contributed by atoms with Crippen LogP contribution in [-0.4, -0.2) is 11.1 Å². The molecule has 5 heteroatoms. The van der Waals surface area contributed by atoms with Gasteiger partial charge in [0, 0.05) is 23.2 Å². The van der Waals surface area contributed by atoms with Crippen molar-refractivity contribution < 1.29 is 10.0 Å². The monoisotopic (exact) mass is 274 g/mol. The third kappa shape index (κ3) is 4.24. The molecule has 0 bridgehead atoms. The van der Waals surface area contributed by atoms with E-state index in [4.69, 9.17) is 5.21 Å². The minimum absolute atomic E-state index is 0.542. The topological polar surface area (TPSA) is 61.4 Å². The van der Waals surface area contributed by atoms with Crippen molar-refractivity contribution in [3.8, 4) is 0 Å². The number of carbonyl (C=O) groups is 1. The van der Waals surface area contributed by atoms with Crippen LogP contribution in [-0.2, 0) is 11.3 Å². The lowest BCUT2D eigenvalue weighted by atomic mass is 10.2. The van der Waals surface area contributed by atoms with Crippen molar-refractivity contribution in [2.45, 2.75) is 6.54 Å². The molecule has 3 N–H and O–H groups in total. The van der Waals surface area contributed by atoms with Gasteiger partial charge < -0.3 is 5.32 Å². The Bertz CT molecular complexity index is 547. The van der Waals surface area contributed by atoms with Crippen molar-refractivity contribution in [1.29, 1.82) is 0 Å². The van der Waals surface area contributed by atoms with Gasteiger partial charge in [-0.05, 0) is 35.2 Å². The SMILES string of the molecule is O=C(/C=C/c1ccc(NCc2cccs2)cc1)NO. The molecule has 0 spiro atoms. The van der Waals surface area contributed by atoms with Crippen LogP contribution < -0.4 is 10.8 Å². The van der Waals surface area contributed by atoms with E-state index in [0.717, 1.165) is 17.8 Å². The predicted molar refractivity (Wildman–Crippen MR) is 77.1 cm³/mol. The van der Waals surface area contributed by atoms with Crippen LogP contribution in [0.2, 0.25) is 0 Å². The van der Waals surface area contributed by atoms with Gasteiger partial charge in [-0.2, -0.15) is 0 Å². The first-order valence-electron chi connectivity index (χ1n) is 5.76. The average Bonchev–Trinajstić information content (AvgIpc) is 2.97. The molecule has 1 aromatic carbocycles. The molecule has 1 aromatic heterocycles. The maximum atomic E-state index is 10.8. The highest BCUT2D eigenvalue weighted by Gasteiger charge is 1.95. The second kappa shape index (κ2) is 6.72. The number of anilines is 1. The van der Waals surface area contributed by atoms with Gasteiger partial charge in [-0.3, -0.25) is 10.0 Å². The molecular formula is C14H14N2O2S. The Labute approximate surface area is 115 Å². The lowest BCUT2D eigenvalue weighted by Gasteiger charge is -2.04. The van der Waals surface area contributed by atoms with Crippen molar-refractivity contribution in [2.75, 3.05) is 5.32 Å². The molecule has 0 saturated carbocycles. The standard InChI is InChI=1S/C14H14N2O2S/c17-14(16-18)8-5-11-3-6-12(7-4-11)15-10-13-2-1-9-19-13/h1-9,15,18H,10H2,(H,16,17)/b8-5+. The Morgan fingerprint density at radius 1 is 1.26 bits per heavy atom. The lowest BCUT2D eigenvalue weighted by molar-refractivity contribution is -0.124. The summed E-state index contributed by atoms with van der Waals surface area (Å²) in [5, 5.41) is 13.7. The van der Waals surface area contributed by atoms with Gasteiger partial charge >= 0.3 is 0 Å². The zero-order valence-corrected chi connectivity index (χ0v) is 11.0. The van der Waals surface area contributed by atoms with E-state index in [1.54, 1.807) is 22.9 Å². The lowest BCUT2D eigenvalue weighted by Crippen LogP contribution is -2.14. The summed E-state index contributed by atoms with van der Waals surface area (Å²) in [6.45, 7) is 0.805. The average molecular weight is 274 g/mol. The van der Waals surface area contributed by atoms with Gasteiger partial charge in [0.05, 0.1) is 0 Å². The molecule has 98 valence electrons. The van der Waals surface area contributed by atoms with Crippen LogP contribution >= 0.6 is 11.3 Å². The van der Waals surface area contributed by atoms with Crippen LogP contribution in [0.5, 0.6) is 0 Å². The first-order valence-corrected chi connectivity index (χ1v) is 6.64. The van der Waals surface area contributed by atoms with Gasteiger partial charge in [-0.1, -0.05) is 18.2 Å². The first kappa shape index (κ1) is 13.3. The molecule has 0 saturated heterocycles. The minimum atomic E-state index is -0.542. The normalized spacial score (nSPS) is 10.6. The van der Waals surface area contributed by atoms with Gasteiger partial charge in [0.1, 0.15) is 0 Å². The Kier molecular flexibility index (Phi) is 4.72. The third-order valence-corrected chi connectivity index (χ3v) is 3.37. The highest BCUT2D eigenvalue weighted by Crippen LogP contribution is 2.14. The van der Waals surface area contributed by atoms with Crippen molar-refractivity contribution in [1.82, 2.24) is 5.48 Å². The minimum Gasteiger partial charge on any atom is -0.380 e. The van der Waals surface area contributed by atoms with Crippen LogP contribution in [0, 0.1) is 0 Å². The largest absolute Gasteiger partial charge is 0.380 e. The van der Waals surface area contributed by atoms with Crippen molar-refractivity contribution in [3.63, 3.8) is 0 Å². The second-order valence-corrected chi connectivity index (χ2v) is 4.90. The highest BCUT2D eigenvalue weighted by molar-refractivity contribution is 7.09. The predicted octanol–water partition coefficient (Wildman–Crippen LogP) is 2.88. The van der Waals surface area contributed by atoms with Gasteiger partial charge in [-0.25, -0.2) is 5.48 Å². The number of carbonyl (C=O) groups excluding carboxylic acids is 1. The molecule has 0 unspecified atom stereocenters. The summed E-state index contributed by atoms with van der Waals surface area (Å²) in [6.07, 6.45) is 2.91. The molecule has 2 rings (SSSR count). The van der Waals surface area contributed by atoms with E-state index in [1.165, 1.54) is 11.0 Å². The number of hydroxylamine groups is 1. The maximum absolute atomic E-state index is 10.8. The third-order valence-electron chi connectivity index (χ3n) is 2.49. The van der Waals surface area contributed by atoms with E-state index in [1.807, 2.05) is 30.3 Å². The Hall–Kier alpha value is -2.11.